The number of aromatic nitrogens is 1. The Morgan fingerprint density at radius 1 is 1.00 bits per heavy atom. The van der Waals surface area contributed by atoms with Gasteiger partial charge in [0.05, 0.1) is 6.54 Å². The standard InChI is InChI=1S/C23H31FN6.HI/c1-2-25-23(30-11-3-4-12-30)27-18-19-9-10-26-22(17-19)29-15-13-28(14-16-29)21-7-5-20(24)6-8-21;/h5-10,17H,2-4,11-16,18H2,1H3,(H,25,27);1H. The summed E-state index contributed by atoms with van der Waals surface area (Å²) in [7, 11) is 0. The Hall–Kier alpha value is -2.10. The quantitative estimate of drug-likeness (QED) is 0.357. The third-order valence-electron chi connectivity index (χ3n) is 5.76. The second-order valence-electron chi connectivity index (χ2n) is 7.84. The van der Waals surface area contributed by atoms with E-state index >= 15 is 0 Å². The number of likely N-dealkylation sites (tertiary alicyclic amines) is 1. The highest BCUT2D eigenvalue weighted by Crippen LogP contribution is 2.20. The minimum Gasteiger partial charge on any atom is -0.368 e. The van der Waals surface area contributed by atoms with Gasteiger partial charge in [-0.05, 0) is 61.7 Å². The molecule has 2 aliphatic heterocycles. The second kappa shape index (κ2) is 11.5. The lowest BCUT2D eigenvalue weighted by Crippen LogP contribution is -2.46. The van der Waals surface area contributed by atoms with Gasteiger partial charge in [0, 0.05) is 57.7 Å². The number of nitrogens with zero attached hydrogens (tertiary/aromatic N) is 5. The number of pyridine rings is 1. The first-order valence-corrected chi connectivity index (χ1v) is 11.0. The van der Waals surface area contributed by atoms with E-state index < -0.39 is 0 Å². The SMILES string of the molecule is CCNC(=NCc1ccnc(N2CCN(c3ccc(F)cc3)CC2)c1)N1CCCC1.I. The molecule has 8 heteroatoms. The van der Waals surface area contributed by atoms with Crippen molar-refractivity contribution in [2.75, 3.05) is 55.6 Å². The molecule has 31 heavy (non-hydrogen) atoms. The minimum atomic E-state index is -0.192. The van der Waals surface area contributed by atoms with Gasteiger partial charge in [0.2, 0.25) is 0 Å². The summed E-state index contributed by atoms with van der Waals surface area (Å²) in [4.78, 5) is 16.4. The van der Waals surface area contributed by atoms with Crippen LogP contribution < -0.4 is 15.1 Å². The molecule has 0 atom stereocenters. The molecule has 0 unspecified atom stereocenters. The molecule has 2 saturated heterocycles. The van der Waals surface area contributed by atoms with Crippen molar-refractivity contribution in [2.45, 2.75) is 26.3 Å². The van der Waals surface area contributed by atoms with E-state index in [1.54, 1.807) is 0 Å². The topological polar surface area (TPSA) is 47.0 Å². The summed E-state index contributed by atoms with van der Waals surface area (Å²) in [5.41, 5.74) is 2.25. The normalized spacial score (nSPS) is 17.0. The molecule has 3 heterocycles. The molecule has 1 aromatic carbocycles. The molecule has 2 aromatic rings. The maximum Gasteiger partial charge on any atom is 0.194 e. The van der Waals surface area contributed by atoms with Crippen LogP contribution in [0.2, 0.25) is 0 Å². The first-order valence-electron chi connectivity index (χ1n) is 11.0. The number of halogens is 2. The van der Waals surface area contributed by atoms with E-state index in [2.05, 4.69) is 44.1 Å². The minimum absolute atomic E-state index is 0. The van der Waals surface area contributed by atoms with Gasteiger partial charge >= 0.3 is 0 Å². The predicted molar refractivity (Wildman–Crippen MR) is 136 cm³/mol. The van der Waals surface area contributed by atoms with Crippen LogP contribution in [0.5, 0.6) is 0 Å². The smallest absolute Gasteiger partial charge is 0.194 e. The van der Waals surface area contributed by atoms with E-state index in [1.165, 1.54) is 30.5 Å². The van der Waals surface area contributed by atoms with Gasteiger partial charge in [-0.15, -0.1) is 24.0 Å². The van der Waals surface area contributed by atoms with Gasteiger partial charge in [0.15, 0.2) is 5.96 Å². The third kappa shape index (κ3) is 6.21. The van der Waals surface area contributed by atoms with Gasteiger partial charge in [-0.2, -0.15) is 0 Å². The molecule has 0 bridgehead atoms. The van der Waals surface area contributed by atoms with Crippen LogP contribution in [0.4, 0.5) is 15.9 Å². The van der Waals surface area contributed by atoms with Gasteiger partial charge in [0.25, 0.3) is 0 Å². The summed E-state index contributed by atoms with van der Waals surface area (Å²) >= 11 is 0. The van der Waals surface area contributed by atoms with Crippen LogP contribution in [0.1, 0.15) is 25.3 Å². The number of guanidine groups is 1. The van der Waals surface area contributed by atoms with Crippen molar-refractivity contribution in [1.29, 1.82) is 0 Å². The van der Waals surface area contributed by atoms with Crippen molar-refractivity contribution in [1.82, 2.24) is 15.2 Å². The number of nitrogens with one attached hydrogen (secondary N) is 1. The molecule has 4 rings (SSSR count). The fraction of sp³-hybridized carbons (Fsp3) is 0.478. The van der Waals surface area contributed by atoms with Gasteiger partial charge in [0.1, 0.15) is 11.6 Å². The Balaban J connectivity index is 0.00000272. The van der Waals surface area contributed by atoms with Crippen LogP contribution in [0, 0.1) is 5.82 Å². The molecule has 0 saturated carbocycles. The van der Waals surface area contributed by atoms with Gasteiger partial charge < -0.3 is 20.0 Å². The van der Waals surface area contributed by atoms with Gasteiger partial charge in [-0.3, -0.25) is 0 Å². The largest absolute Gasteiger partial charge is 0.368 e. The Kier molecular flexibility index (Phi) is 8.74. The van der Waals surface area contributed by atoms with Crippen molar-refractivity contribution < 1.29 is 4.39 Å². The molecule has 1 aromatic heterocycles. The summed E-state index contributed by atoms with van der Waals surface area (Å²) in [6.45, 7) is 9.42. The fourth-order valence-electron chi connectivity index (χ4n) is 4.10. The molecule has 1 N–H and O–H groups in total. The zero-order chi connectivity index (χ0) is 20.8. The van der Waals surface area contributed by atoms with Crippen molar-refractivity contribution >= 4 is 41.4 Å². The first kappa shape index (κ1) is 23.6. The third-order valence-corrected chi connectivity index (χ3v) is 5.76. The molecule has 6 nitrogen and oxygen atoms in total. The number of aliphatic imine (C=N–C) groups is 1. The zero-order valence-electron chi connectivity index (χ0n) is 18.1. The summed E-state index contributed by atoms with van der Waals surface area (Å²) in [6, 6.07) is 11.0. The first-order chi connectivity index (χ1) is 14.7. The monoisotopic (exact) mass is 538 g/mol. The van der Waals surface area contributed by atoms with Crippen LogP contribution >= 0.6 is 24.0 Å². The number of hydrogen-bond acceptors (Lipinski definition) is 4. The molecular weight excluding hydrogens is 506 g/mol. The summed E-state index contributed by atoms with van der Waals surface area (Å²) in [5.74, 6) is 1.83. The van der Waals surface area contributed by atoms with Crippen LogP contribution in [0.3, 0.4) is 0 Å². The number of piperazine rings is 1. The van der Waals surface area contributed by atoms with E-state index in [-0.39, 0.29) is 29.8 Å². The molecule has 2 fully saturated rings. The average molecular weight is 538 g/mol. The van der Waals surface area contributed by atoms with Crippen LogP contribution in [0.25, 0.3) is 0 Å². The summed E-state index contributed by atoms with van der Waals surface area (Å²) < 4.78 is 13.2. The van der Waals surface area contributed by atoms with Gasteiger partial charge in [-0.1, -0.05) is 0 Å². The highest BCUT2D eigenvalue weighted by Gasteiger charge is 2.19. The fourth-order valence-corrected chi connectivity index (χ4v) is 4.10. The Labute approximate surface area is 201 Å². The summed E-state index contributed by atoms with van der Waals surface area (Å²) in [6.07, 6.45) is 4.37. The number of hydrogen-bond donors (Lipinski definition) is 1. The lowest BCUT2D eigenvalue weighted by molar-refractivity contribution is 0.493. The predicted octanol–water partition coefficient (Wildman–Crippen LogP) is 3.73. The van der Waals surface area contributed by atoms with Crippen molar-refractivity contribution in [3.05, 3.63) is 54.0 Å². The number of benzene rings is 1. The van der Waals surface area contributed by atoms with Crippen molar-refractivity contribution in [3.8, 4) is 0 Å². The Morgan fingerprint density at radius 3 is 2.35 bits per heavy atom. The zero-order valence-corrected chi connectivity index (χ0v) is 20.5. The van der Waals surface area contributed by atoms with Crippen LogP contribution in [0.15, 0.2) is 47.6 Å². The lowest BCUT2D eigenvalue weighted by atomic mass is 10.2. The van der Waals surface area contributed by atoms with E-state index in [4.69, 9.17) is 4.99 Å². The molecule has 168 valence electrons. The second-order valence-corrected chi connectivity index (χ2v) is 7.84. The van der Waals surface area contributed by atoms with Crippen molar-refractivity contribution in [2.24, 2.45) is 4.99 Å². The maximum absolute atomic E-state index is 13.2. The van der Waals surface area contributed by atoms with E-state index in [0.717, 1.165) is 63.3 Å². The molecular formula is C23H32FIN6. The average Bonchev–Trinajstić information content (AvgIpc) is 3.32. The van der Waals surface area contributed by atoms with Crippen molar-refractivity contribution in [3.63, 3.8) is 0 Å². The Morgan fingerprint density at radius 2 is 1.68 bits per heavy atom. The molecule has 0 radical (unpaired) electrons. The molecule has 0 aliphatic carbocycles. The van der Waals surface area contributed by atoms with Crippen LogP contribution in [-0.4, -0.2) is 61.7 Å². The molecule has 0 amide bonds. The Bertz CT molecular complexity index is 845. The highest BCUT2D eigenvalue weighted by molar-refractivity contribution is 14.0. The van der Waals surface area contributed by atoms with Crippen LogP contribution in [-0.2, 0) is 6.54 Å². The van der Waals surface area contributed by atoms with E-state index in [0.29, 0.717) is 6.54 Å². The van der Waals surface area contributed by atoms with E-state index in [1.807, 2.05) is 18.3 Å². The molecule has 2 aliphatic rings. The highest BCUT2D eigenvalue weighted by atomic mass is 127. The number of anilines is 2. The van der Waals surface area contributed by atoms with E-state index in [9.17, 15) is 4.39 Å². The lowest BCUT2D eigenvalue weighted by Gasteiger charge is -2.36. The number of rotatable bonds is 5. The van der Waals surface area contributed by atoms with Gasteiger partial charge in [-0.25, -0.2) is 14.4 Å². The summed E-state index contributed by atoms with van der Waals surface area (Å²) in [5, 5.41) is 3.42. The molecule has 0 spiro atoms. The maximum atomic E-state index is 13.2.